The van der Waals surface area contributed by atoms with Gasteiger partial charge < -0.3 is 5.32 Å². The average Bonchev–Trinajstić information content (AvgIpc) is 2.48. The molecule has 2 rings (SSSR count). The molecule has 0 N–H and O–H groups in total. The van der Waals surface area contributed by atoms with Gasteiger partial charge in [0.25, 0.3) is 0 Å². The predicted molar refractivity (Wildman–Crippen MR) is 66.6 cm³/mol. The molecule has 0 spiro atoms. The van der Waals surface area contributed by atoms with Crippen molar-refractivity contribution in [1.29, 1.82) is 0 Å². The number of nitrogens with zero attached hydrogens (tertiary/aromatic N) is 1. The first-order valence-corrected chi connectivity index (χ1v) is 5.14. The van der Waals surface area contributed by atoms with Gasteiger partial charge in [-0.05, 0) is 13.0 Å². The van der Waals surface area contributed by atoms with Gasteiger partial charge >= 0.3 is 29.6 Å². The molecular weight excluding hydrogens is 221 g/mol. The Bertz CT molecular complexity index is 554. The topological polar surface area (TPSA) is 31.2 Å². The van der Waals surface area contributed by atoms with E-state index in [4.69, 9.17) is 0 Å². The van der Waals surface area contributed by atoms with Crippen molar-refractivity contribution in [2.45, 2.75) is 6.92 Å². The fraction of sp³-hybridized carbons (Fsp3) is 0.0714. The first-order valence-electron chi connectivity index (χ1n) is 5.14. The first-order chi connectivity index (χ1) is 7.77. The van der Waals surface area contributed by atoms with Crippen molar-refractivity contribution in [3.05, 3.63) is 75.7 Å². The molecule has 17 heavy (non-hydrogen) atoms. The van der Waals surface area contributed by atoms with E-state index in [-0.39, 0.29) is 35.0 Å². The molecule has 3 heteroatoms. The summed E-state index contributed by atoms with van der Waals surface area (Å²) in [4.78, 5) is 11.6. The van der Waals surface area contributed by atoms with Gasteiger partial charge in [-0.1, -0.05) is 59.8 Å². The summed E-state index contributed by atoms with van der Waals surface area (Å²) in [5, 5.41) is 4.37. The van der Waals surface area contributed by atoms with Crippen LogP contribution < -0.4 is 35.0 Å². The second-order valence-corrected chi connectivity index (χ2v) is 3.56. The van der Waals surface area contributed by atoms with Crippen LogP contribution in [0.3, 0.4) is 0 Å². The fourth-order valence-electron chi connectivity index (χ4n) is 1.43. The van der Waals surface area contributed by atoms with Crippen molar-refractivity contribution in [3.8, 4) is 0 Å². The zero-order valence-electron chi connectivity index (χ0n) is 10.1. The Labute approximate surface area is 123 Å². The maximum absolute atomic E-state index is 11.6. The van der Waals surface area contributed by atoms with Crippen LogP contribution in [-0.2, 0) is 0 Å². The molecule has 0 heterocycles. The molecule has 0 aliphatic heterocycles. The van der Waals surface area contributed by atoms with E-state index in [9.17, 15) is 4.79 Å². The fourth-order valence-corrected chi connectivity index (χ4v) is 1.43. The minimum Gasteiger partial charge on any atom is -0.654 e. The predicted octanol–water partition coefficient (Wildman–Crippen LogP) is 0.696. The Hall–Kier alpha value is -1.09. The smallest absolute Gasteiger partial charge is 0.654 e. The molecule has 0 unspecified atom stereocenters. The first kappa shape index (κ1) is 14.0. The number of hydrogen-bond donors (Lipinski definition) is 0. The molecule has 0 aliphatic carbocycles. The Balaban J connectivity index is 0.00000144. The van der Waals surface area contributed by atoms with Crippen LogP contribution in [0.25, 0.3) is 5.32 Å². The summed E-state index contributed by atoms with van der Waals surface area (Å²) in [6.45, 7) is 1.98. The minimum absolute atomic E-state index is 0. The number of para-hydroxylation sites is 1. The van der Waals surface area contributed by atoms with Crippen molar-refractivity contribution >= 4 is 11.4 Å². The molecule has 0 amide bonds. The summed E-state index contributed by atoms with van der Waals surface area (Å²) in [6, 6.07) is 16.4. The van der Waals surface area contributed by atoms with Gasteiger partial charge in [-0.2, -0.15) is 0 Å². The van der Waals surface area contributed by atoms with Crippen LogP contribution in [0.1, 0.15) is 5.56 Å². The molecule has 0 saturated carbocycles. The van der Waals surface area contributed by atoms with E-state index in [1.165, 1.54) is 6.07 Å². The Kier molecular flexibility index (Phi) is 5.42. The van der Waals surface area contributed by atoms with Crippen LogP contribution in [0.4, 0.5) is 11.4 Å². The van der Waals surface area contributed by atoms with E-state index in [0.29, 0.717) is 5.69 Å². The third kappa shape index (κ3) is 3.70. The van der Waals surface area contributed by atoms with Crippen LogP contribution >= 0.6 is 0 Å². The maximum atomic E-state index is 11.6. The number of aryl methyl sites for hydroxylation is 1. The van der Waals surface area contributed by atoms with Gasteiger partial charge in [0.15, 0.2) is 5.43 Å². The molecule has 2 aromatic carbocycles. The zero-order chi connectivity index (χ0) is 11.4. The van der Waals surface area contributed by atoms with Gasteiger partial charge in [0.1, 0.15) is 0 Å². The molecule has 2 aromatic rings. The van der Waals surface area contributed by atoms with Crippen molar-refractivity contribution < 1.29 is 29.6 Å². The van der Waals surface area contributed by atoms with Gasteiger partial charge in [-0.3, -0.25) is 4.79 Å². The number of rotatable bonds is 2. The summed E-state index contributed by atoms with van der Waals surface area (Å²) < 4.78 is 0. The largest absolute Gasteiger partial charge is 1.00 e. The van der Waals surface area contributed by atoms with Crippen LogP contribution in [0, 0.1) is 6.92 Å². The van der Waals surface area contributed by atoms with Gasteiger partial charge in [-0.25, -0.2) is 0 Å². The summed E-state index contributed by atoms with van der Waals surface area (Å²) in [6.07, 6.45) is 0. The van der Waals surface area contributed by atoms with E-state index in [2.05, 4.69) is 5.32 Å². The molecule has 0 aromatic heterocycles. The second-order valence-electron chi connectivity index (χ2n) is 3.56. The van der Waals surface area contributed by atoms with Crippen LogP contribution in [0.5, 0.6) is 0 Å². The average molecular weight is 233 g/mol. The molecular formula is C14H12NNaO. The minimum atomic E-state index is -0.0618. The van der Waals surface area contributed by atoms with Crippen molar-refractivity contribution in [1.82, 2.24) is 0 Å². The second kappa shape index (κ2) is 6.60. The van der Waals surface area contributed by atoms with Crippen molar-refractivity contribution in [3.63, 3.8) is 0 Å². The normalized spacial score (nSPS) is 9.24. The molecule has 0 bridgehead atoms. The van der Waals surface area contributed by atoms with Crippen LogP contribution in [-0.4, -0.2) is 0 Å². The Morgan fingerprint density at radius 3 is 2.18 bits per heavy atom. The standard InChI is InChI=1S/C14H13NO.Na/c1-11-7-5-6-8-12(11)15-13-9-3-2-4-10-14(13)16;/h2-10H,1H3,(H,15,16);/q;+1/p-1. The van der Waals surface area contributed by atoms with Crippen molar-refractivity contribution in [2.75, 3.05) is 0 Å². The number of benzene rings is 1. The van der Waals surface area contributed by atoms with Crippen molar-refractivity contribution in [2.24, 2.45) is 0 Å². The molecule has 0 aliphatic rings. The van der Waals surface area contributed by atoms with E-state index < -0.39 is 0 Å². The SMILES string of the molecule is Cc1ccccc1[N-]c1cccccc1=O.[Na+]. The Morgan fingerprint density at radius 2 is 1.41 bits per heavy atom. The molecule has 0 atom stereocenters. The zero-order valence-corrected chi connectivity index (χ0v) is 12.1. The van der Waals surface area contributed by atoms with Crippen LogP contribution in [0.2, 0.25) is 0 Å². The van der Waals surface area contributed by atoms with Gasteiger partial charge in [-0.15, -0.1) is 5.69 Å². The third-order valence-corrected chi connectivity index (χ3v) is 2.33. The maximum Gasteiger partial charge on any atom is 1.00 e. The monoisotopic (exact) mass is 233 g/mol. The molecule has 0 fully saturated rings. The summed E-state index contributed by atoms with van der Waals surface area (Å²) >= 11 is 0. The Morgan fingerprint density at radius 1 is 0.824 bits per heavy atom. The summed E-state index contributed by atoms with van der Waals surface area (Å²) in [5.41, 5.74) is 2.31. The molecule has 0 saturated heterocycles. The molecule has 80 valence electrons. The summed E-state index contributed by atoms with van der Waals surface area (Å²) in [5.74, 6) is 0. The third-order valence-electron chi connectivity index (χ3n) is 2.33. The van der Waals surface area contributed by atoms with Gasteiger partial charge in [0.05, 0.1) is 0 Å². The molecule has 0 radical (unpaired) electrons. The number of hydrogen-bond acceptors (Lipinski definition) is 1. The van der Waals surface area contributed by atoms with E-state index >= 15 is 0 Å². The quantitative estimate of drug-likeness (QED) is 0.702. The van der Waals surface area contributed by atoms with E-state index in [1.54, 1.807) is 12.1 Å². The summed E-state index contributed by atoms with van der Waals surface area (Å²) in [7, 11) is 0. The van der Waals surface area contributed by atoms with Crippen LogP contribution in [0.15, 0.2) is 59.4 Å². The van der Waals surface area contributed by atoms with E-state index in [0.717, 1.165) is 11.3 Å². The van der Waals surface area contributed by atoms with Gasteiger partial charge in [0.2, 0.25) is 0 Å². The van der Waals surface area contributed by atoms with Gasteiger partial charge in [0, 0.05) is 0 Å². The molecule has 2 nitrogen and oxygen atoms in total. The van der Waals surface area contributed by atoms with E-state index in [1.807, 2.05) is 43.3 Å².